The monoisotopic (exact) mass is 386 g/mol. The summed E-state index contributed by atoms with van der Waals surface area (Å²) in [5, 5.41) is 10.8. The van der Waals surface area contributed by atoms with Crippen molar-refractivity contribution in [3.8, 4) is 5.75 Å². The van der Waals surface area contributed by atoms with Gasteiger partial charge in [0, 0.05) is 30.8 Å². The van der Waals surface area contributed by atoms with Crippen molar-refractivity contribution in [2.45, 2.75) is 38.5 Å². The second kappa shape index (κ2) is 8.21. The number of aliphatic hydroxyl groups is 1. The lowest BCUT2D eigenvalue weighted by molar-refractivity contribution is -0.252. The Bertz CT molecular complexity index is 732. The van der Waals surface area contributed by atoms with E-state index in [0.29, 0.717) is 24.3 Å². The molecule has 0 bridgehead atoms. The Balaban J connectivity index is 2.61. The highest BCUT2D eigenvalue weighted by Crippen LogP contribution is 2.50. The van der Waals surface area contributed by atoms with Crippen LogP contribution < -0.4 is 4.74 Å². The summed E-state index contributed by atoms with van der Waals surface area (Å²) in [4.78, 5) is 6.13. The molecule has 0 aromatic heterocycles. The van der Waals surface area contributed by atoms with Gasteiger partial charge in [0.2, 0.25) is 5.60 Å². The van der Waals surface area contributed by atoms with E-state index in [4.69, 9.17) is 9.47 Å². The summed E-state index contributed by atoms with van der Waals surface area (Å²) < 4.78 is 52.2. The van der Waals surface area contributed by atoms with Gasteiger partial charge in [-0.15, -0.1) is 0 Å². The average Bonchev–Trinajstić information content (AvgIpc) is 2.65. The first kappa shape index (κ1) is 21.1. The maximum atomic E-state index is 14.0. The number of halogens is 3. The fourth-order valence-electron chi connectivity index (χ4n) is 2.85. The number of hydrogen-bond acceptors (Lipinski definition) is 4. The summed E-state index contributed by atoms with van der Waals surface area (Å²) in [7, 11) is 3.10. The number of aliphatic imine (C=N–C) groups is 1. The van der Waals surface area contributed by atoms with Crippen molar-refractivity contribution in [2.24, 2.45) is 4.99 Å². The van der Waals surface area contributed by atoms with E-state index in [2.05, 4.69) is 4.99 Å². The molecule has 150 valence electrons. The van der Waals surface area contributed by atoms with Gasteiger partial charge >= 0.3 is 6.18 Å². The molecule has 0 saturated heterocycles. The molecular formula is C19H25F3N2O3. The third-order valence-corrected chi connectivity index (χ3v) is 4.61. The molecule has 0 fully saturated rings. The van der Waals surface area contributed by atoms with Gasteiger partial charge in [0.05, 0.1) is 32.0 Å². The van der Waals surface area contributed by atoms with Crippen molar-refractivity contribution < 1.29 is 27.8 Å². The Morgan fingerprint density at radius 1 is 1.37 bits per heavy atom. The van der Waals surface area contributed by atoms with Crippen molar-refractivity contribution in [1.82, 2.24) is 4.90 Å². The number of methoxy groups -OCH3 is 1. The van der Waals surface area contributed by atoms with Crippen molar-refractivity contribution in [3.05, 3.63) is 35.1 Å². The predicted octanol–water partition coefficient (Wildman–Crippen LogP) is 4.06. The second-order valence-electron chi connectivity index (χ2n) is 6.48. The molecule has 1 heterocycles. The Hall–Kier alpha value is -2.22. The van der Waals surface area contributed by atoms with Gasteiger partial charge in [-0.3, -0.25) is 0 Å². The minimum Gasteiger partial charge on any atom is -0.501 e. The smallest absolute Gasteiger partial charge is 0.425 e. The predicted molar refractivity (Wildman–Crippen MR) is 97.4 cm³/mol. The van der Waals surface area contributed by atoms with Gasteiger partial charge in [0.25, 0.3) is 0 Å². The molecule has 5 nitrogen and oxygen atoms in total. The number of alkyl halides is 3. The fraction of sp³-hybridized carbons (Fsp3) is 0.526. The highest BCUT2D eigenvalue weighted by Gasteiger charge is 2.59. The standard InChI is InChI=1S/C19H25F3N2O3/c1-5-24(3)12-23-16-10-17(26-4)15(9-13(16)2)18(25,19(20,21)22)14-7-6-8-27-11-14/h9-12,25H,5-8H2,1-4H3/b23-12+. The third kappa shape index (κ3) is 4.21. The van der Waals surface area contributed by atoms with Gasteiger partial charge in [-0.05, 0) is 38.3 Å². The summed E-state index contributed by atoms with van der Waals surface area (Å²) >= 11 is 0. The van der Waals surface area contributed by atoms with Crippen LogP contribution in [0.3, 0.4) is 0 Å². The highest BCUT2D eigenvalue weighted by atomic mass is 19.4. The Morgan fingerprint density at radius 3 is 2.59 bits per heavy atom. The highest BCUT2D eigenvalue weighted by molar-refractivity contribution is 5.65. The third-order valence-electron chi connectivity index (χ3n) is 4.61. The summed E-state index contributed by atoms with van der Waals surface area (Å²) in [6.45, 7) is 4.65. The van der Waals surface area contributed by atoms with E-state index >= 15 is 0 Å². The Morgan fingerprint density at radius 2 is 2.07 bits per heavy atom. The van der Waals surface area contributed by atoms with Crippen LogP contribution in [0.4, 0.5) is 18.9 Å². The van der Waals surface area contributed by atoms with Gasteiger partial charge in [-0.25, -0.2) is 4.99 Å². The number of benzene rings is 1. The van der Waals surface area contributed by atoms with Gasteiger partial charge in [0.1, 0.15) is 5.75 Å². The molecule has 1 N–H and O–H groups in total. The molecule has 0 spiro atoms. The minimum atomic E-state index is -4.94. The normalized spacial score (nSPS) is 17.3. The number of aryl methyl sites for hydroxylation is 1. The van der Waals surface area contributed by atoms with E-state index in [1.807, 2.05) is 18.9 Å². The van der Waals surface area contributed by atoms with E-state index in [0.717, 1.165) is 12.8 Å². The lowest BCUT2D eigenvalue weighted by Gasteiger charge is -2.35. The van der Waals surface area contributed by atoms with Crippen molar-refractivity contribution >= 4 is 12.0 Å². The van der Waals surface area contributed by atoms with Crippen molar-refractivity contribution in [1.29, 1.82) is 0 Å². The molecule has 2 rings (SSSR count). The second-order valence-corrected chi connectivity index (χ2v) is 6.48. The van der Waals surface area contributed by atoms with Crippen LogP contribution in [0, 0.1) is 6.92 Å². The molecule has 0 radical (unpaired) electrons. The van der Waals surface area contributed by atoms with Crippen LogP contribution in [0.15, 0.2) is 29.0 Å². The van der Waals surface area contributed by atoms with Crippen LogP contribution in [-0.4, -0.2) is 49.8 Å². The Kier molecular flexibility index (Phi) is 6.41. The first-order valence-electron chi connectivity index (χ1n) is 8.68. The van der Waals surface area contributed by atoms with Crippen molar-refractivity contribution in [2.75, 3.05) is 27.3 Å². The molecule has 27 heavy (non-hydrogen) atoms. The van der Waals surface area contributed by atoms with Crippen LogP contribution >= 0.6 is 0 Å². The van der Waals surface area contributed by atoms with Gasteiger partial charge < -0.3 is 19.5 Å². The zero-order valence-corrected chi connectivity index (χ0v) is 15.9. The molecule has 0 saturated carbocycles. The van der Waals surface area contributed by atoms with E-state index in [1.165, 1.54) is 19.2 Å². The fourth-order valence-corrected chi connectivity index (χ4v) is 2.85. The molecule has 1 aromatic carbocycles. The largest absolute Gasteiger partial charge is 0.501 e. The van der Waals surface area contributed by atoms with Gasteiger partial charge in [-0.2, -0.15) is 13.2 Å². The van der Waals surface area contributed by atoms with Crippen molar-refractivity contribution in [3.63, 3.8) is 0 Å². The lowest BCUT2D eigenvalue weighted by atomic mass is 9.81. The topological polar surface area (TPSA) is 54.3 Å². The van der Waals surface area contributed by atoms with Crippen LogP contribution in [-0.2, 0) is 10.3 Å². The molecule has 1 aliphatic rings. The maximum Gasteiger partial charge on any atom is 0.425 e. The maximum absolute atomic E-state index is 14.0. The van der Waals surface area contributed by atoms with Gasteiger partial charge in [-0.1, -0.05) is 0 Å². The van der Waals surface area contributed by atoms with E-state index in [9.17, 15) is 18.3 Å². The van der Waals surface area contributed by atoms with Crippen LogP contribution in [0.1, 0.15) is 30.9 Å². The lowest BCUT2D eigenvalue weighted by Crippen LogP contribution is -2.45. The minimum absolute atomic E-state index is 0.0827. The molecular weight excluding hydrogens is 361 g/mol. The van der Waals surface area contributed by atoms with E-state index in [-0.39, 0.29) is 23.3 Å². The number of nitrogens with zero attached hydrogens (tertiary/aromatic N) is 2. The van der Waals surface area contributed by atoms with Gasteiger partial charge in [0.15, 0.2) is 0 Å². The quantitative estimate of drug-likeness (QED) is 0.592. The molecule has 1 atom stereocenters. The SMILES string of the molecule is CCN(C)/C=N/c1cc(OC)c(C(O)(C2=COCCC2)C(F)(F)F)cc1C. The summed E-state index contributed by atoms with van der Waals surface area (Å²) in [5.74, 6) is -0.0850. The summed E-state index contributed by atoms with van der Waals surface area (Å²) in [6, 6.07) is 2.69. The molecule has 1 unspecified atom stereocenters. The van der Waals surface area contributed by atoms with E-state index in [1.54, 1.807) is 13.3 Å². The molecule has 1 aromatic rings. The average molecular weight is 386 g/mol. The zero-order valence-electron chi connectivity index (χ0n) is 15.9. The van der Waals surface area contributed by atoms with Crippen LogP contribution in [0.25, 0.3) is 0 Å². The molecule has 8 heteroatoms. The molecule has 0 amide bonds. The molecule has 1 aliphatic heterocycles. The first-order chi connectivity index (χ1) is 12.6. The summed E-state index contributed by atoms with van der Waals surface area (Å²) in [6.07, 6.45) is -1.86. The number of ether oxygens (including phenoxy) is 2. The number of hydrogen-bond donors (Lipinski definition) is 1. The van der Waals surface area contributed by atoms with Crippen LogP contribution in [0.5, 0.6) is 5.75 Å². The molecule has 0 aliphatic carbocycles. The van der Waals surface area contributed by atoms with Crippen LogP contribution in [0.2, 0.25) is 0 Å². The van der Waals surface area contributed by atoms with E-state index < -0.39 is 11.8 Å². The zero-order chi connectivity index (χ0) is 20.2. The summed E-state index contributed by atoms with van der Waals surface area (Å²) in [5.41, 5.74) is -2.83. The number of rotatable bonds is 6. The first-order valence-corrected chi connectivity index (χ1v) is 8.68. The Labute approximate surface area is 157 Å².